The predicted molar refractivity (Wildman–Crippen MR) is 157 cm³/mol. The number of hydrogen-bond donors (Lipinski definition) is 2. The van der Waals surface area contributed by atoms with Crippen molar-refractivity contribution >= 4 is 62.6 Å². The van der Waals surface area contributed by atoms with Crippen molar-refractivity contribution in [2.45, 2.75) is 45.3 Å². The predicted octanol–water partition coefficient (Wildman–Crippen LogP) is 6.02. The Kier molecular flexibility index (Phi) is 7.98. The fourth-order valence-electron chi connectivity index (χ4n) is 5.06. The zero-order valence-electron chi connectivity index (χ0n) is 22.2. The number of rotatable bonds is 7. The Bertz CT molecular complexity index is 1710. The molecule has 2 unspecified atom stereocenters. The number of carbonyl (C=O) groups excluding carboxylic acids is 1. The SMILES string of the molecule is CC(C)n1nc(-c2ccc(N(c3ccccc3Cl)S(=O)[O-])c(F)c2)c2c(N)ncc(C3=CCC(OC(N)=O)CC3)c21. The van der Waals surface area contributed by atoms with Crippen molar-refractivity contribution in [2.75, 3.05) is 10.0 Å². The lowest BCUT2D eigenvalue weighted by atomic mass is 9.91. The third kappa shape index (κ3) is 5.50. The molecule has 0 saturated heterocycles. The van der Waals surface area contributed by atoms with E-state index in [1.54, 1.807) is 24.4 Å². The molecular formula is C28H27ClFN6O4S-. The van der Waals surface area contributed by atoms with E-state index in [0.29, 0.717) is 35.9 Å². The quantitative estimate of drug-likeness (QED) is 0.247. The number of ether oxygens (including phenoxy) is 1. The van der Waals surface area contributed by atoms with Gasteiger partial charge in [-0.25, -0.2) is 14.2 Å². The van der Waals surface area contributed by atoms with E-state index in [-0.39, 0.29) is 34.4 Å². The highest BCUT2D eigenvalue weighted by Crippen LogP contribution is 2.41. The lowest BCUT2D eigenvalue weighted by Gasteiger charge is -2.27. The zero-order chi connectivity index (χ0) is 29.4. The summed E-state index contributed by atoms with van der Waals surface area (Å²) in [5, 5.41) is 5.51. The van der Waals surface area contributed by atoms with Gasteiger partial charge in [0.05, 0.1) is 38.6 Å². The van der Waals surface area contributed by atoms with Gasteiger partial charge in [-0.3, -0.25) is 13.2 Å². The molecule has 4 aromatic rings. The number of nitrogens with two attached hydrogens (primary N) is 2. The average molecular weight is 598 g/mol. The first-order chi connectivity index (χ1) is 19.6. The molecule has 1 aliphatic carbocycles. The van der Waals surface area contributed by atoms with Gasteiger partial charge in [-0.05, 0) is 56.5 Å². The van der Waals surface area contributed by atoms with E-state index in [9.17, 15) is 13.6 Å². The van der Waals surface area contributed by atoms with Crippen molar-refractivity contribution in [3.05, 3.63) is 71.1 Å². The first-order valence-corrected chi connectivity index (χ1v) is 14.2. The normalized spacial score (nSPS) is 16.0. The first-order valence-electron chi connectivity index (χ1n) is 12.8. The van der Waals surface area contributed by atoms with Gasteiger partial charge >= 0.3 is 6.09 Å². The first kappa shape index (κ1) is 28.5. The van der Waals surface area contributed by atoms with Gasteiger partial charge in [-0.1, -0.05) is 35.9 Å². The summed E-state index contributed by atoms with van der Waals surface area (Å²) in [5.41, 5.74) is 14.8. The maximum absolute atomic E-state index is 15.6. The standard InChI is InChI=1S/C28H28ClFN6O4S/c1-15(2)35-26-19(16-7-10-18(11-8-16)40-28(32)37)14-33-27(31)24(26)25(34-35)17-9-12-23(21(30)13-17)36(41(38)39)22-6-4-3-5-20(22)29/h3-7,9,12-15,18H,8,10-11H2,1-2H3,(H2,31,33)(H2,32,37)(H,38,39)/p-1. The van der Waals surface area contributed by atoms with Gasteiger partial charge in [0.2, 0.25) is 0 Å². The van der Waals surface area contributed by atoms with Gasteiger partial charge in [0.15, 0.2) is 0 Å². The number of allylic oxidation sites excluding steroid dienone is 1. The highest BCUT2D eigenvalue weighted by atomic mass is 35.5. The largest absolute Gasteiger partial charge is 0.755 e. The smallest absolute Gasteiger partial charge is 0.404 e. The Hall–Kier alpha value is -4.00. The van der Waals surface area contributed by atoms with Crippen LogP contribution in [0.1, 0.15) is 44.7 Å². The summed E-state index contributed by atoms with van der Waals surface area (Å²) in [5.74, 6) is -0.572. The summed E-state index contributed by atoms with van der Waals surface area (Å²) < 4.78 is 47.7. The molecule has 0 saturated carbocycles. The van der Waals surface area contributed by atoms with E-state index in [1.165, 1.54) is 24.3 Å². The van der Waals surface area contributed by atoms with Crippen molar-refractivity contribution in [1.82, 2.24) is 14.8 Å². The second kappa shape index (κ2) is 11.5. The summed E-state index contributed by atoms with van der Waals surface area (Å²) in [7, 11) is 0. The molecule has 0 radical (unpaired) electrons. The molecule has 2 atom stereocenters. The maximum Gasteiger partial charge on any atom is 0.404 e. The van der Waals surface area contributed by atoms with Crippen LogP contribution in [0.4, 0.5) is 26.4 Å². The Balaban J connectivity index is 1.62. The highest BCUT2D eigenvalue weighted by molar-refractivity contribution is 7.81. The third-order valence-corrected chi connectivity index (χ3v) is 7.91. The van der Waals surface area contributed by atoms with Crippen LogP contribution in [0.3, 0.4) is 0 Å². The molecule has 2 heterocycles. The fourth-order valence-corrected chi connectivity index (χ4v) is 5.96. The molecule has 10 nitrogen and oxygen atoms in total. The molecule has 0 aliphatic heterocycles. The van der Waals surface area contributed by atoms with Crippen molar-refractivity contribution in [3.8, 4) is 11.3 Å². The highest BCUT2D eigenvalue weighted by Gasteiger charge is 2.26. The topological polar surface area (TPSA) is 152 Å². The number of amides is 1. The van der Waals surface area contributed by atoms with Gasteiger partial charge in [0, 0.05) is 29.8 Å². The number of aromatic nitrogens is 3. The van der Waals surface area contributed by atoms with Crippen LogP contribution in [0.25, 0.3) is 27.7 Å². The fraction of sp³-hybridized carbons (Fsp3) is 0.250. The number of carbonyl (C=O) groups is 1. The molecule has 2 aromatic heterocycles. The van der Waals surface area contributed by atoms with Crippen LogP contribution in [0.15, 0.2) is 54.7 Å². The van der Waals surface area contributed by atoms with Gasteiger partial charge in [0.1, 0.15) is 23.4 Å². The number of anilines is 3. The summed E-state index contributed by atoms with van der Waals surface area (Å²) in [6.07, 6.45) is 4.29. The van der Waals surface area contributed by atoms with E-state index in [1.807, 2.05) is 24.6 Å². The molecule has 0 spiro atoms. The molecule has 214 valence electrons. The lowest BCUT2D eigenvalue weighted by molar-refractivity contribution is 0.102. The van der Waals surface area contributed by atoms with Crippen LogP contribution in [0.5, 0.6) is 0 Å². The number of primary amides is 1. The minimum Gasteiger partial charge on any atom is -0.755 e. The van der Waals surface area contributed by atoms with Crippen LogP contribution < -0.4 is 15.8 Å². The lowest BCUT2D eigenvalue weighted by Crippen LogP contribution is -2.24. The van der Waals surface area contributed by atoms with Crippen LogP contribution in [0, 0.1) is 5.82 Å². The molecule has 5 rings (SSSR count). The van der Waals surface area contributed by atoms with Crippen molar-refractivity contribution in [1.29, 1.82) is 0 Å². The van der Waals surface area contributed by atoms with Crippen LogP contribution >= 0.6 is 11.6 Å². The molecule has 1 aliphatic rings. The van der Waals surface area contributed by atoms with Gasteiger partial charge in [0.25, 0.3) is 0 Å². The summed E-state index contributed by atoms with van der Waals surface area (Å²) in [4.78, 5) is 15.6. The molecular weight excluding hydrogens is 571 g/mol. The van der Waals surface area contributed by atoms with E-state index in [2.05, 4.69) is 4.98 Å². The zero-order valence-corrected chi connectivity index (χ0v) is 23.8. The third-order valence-electron chi connectivity index (χ3n) is 6.90. The van der Waals surface area contributed by atoms with Crippen molar-refractivity contribution in [2.24, 2.45) is 5.73 Å². The second-order valence-corrected chi connectivity index (χ2v) is 11.1. The van der Waals surface area contributed by atoms with Crippen LogP contribution in [0.2, 0.25) is 5.02 Å². The van der Waals surface area contributed by atoms with Crippen molar-refractivity contribution < 1.29 is 22.7 Å². The molecule has 2 aromatic carbocycles. The molecule has 13 heteroatoms. The Morgan fingerprint density at radius 3 is 2.63 bits per heavy atom. The van der Waals surface area contributed by atoms with E-state index < -0.39 is 23.2 Å². The number of para-hydroxylation sites is 1. The maximum atomic E-state index is 15.6. The number of nitrogens with zero attached hydrogens (tertiary/aromatic N) is 4. The van der Waals surface area contributed by atoms with Gasteiger partial charge in [-0.2, -0.15) is 5.10 Å². The number of halogens is 2. The number of nitrogen functional groups attached to an aromatic ring is 1. The van der Waals surface area contributed by atoms with E-state index >= 15 is 4.39 Å². The molecule has 4 N–H and O–H groups in total. The molecule has 0 bridgehead atoms. The molecule has 0 fully saturated rings. The monoisotopic (exact) mass is 597 g/mol. The van der Waals surface area contributed by atoms with E-state index in [0.717, 1.165) is 21.0 Å². The molecule has 1 amide bonds. The Morgan fingerprint density at radius 2 is 2.02 bits per heavy atom. The minimum atomic E-state index is -2.85. The number of benzene rings is 2. The minimum absolute atomic E-state index is 0.0790. The van der Waals surface area contributed by atoms with Gasteiger partial charge in [-0.15, -0.1) is 0 Å². The number of hydrogen-bond acceptors (Lipinski definition) is 7. The Morgan fingerprint density at radius 1 is 1.27 bits per heavy atom. The second-order valence-electron chi connectivity index (χ2n) is 9.86. The van der Waals surface area contributed by atoms with Crippen LogP contribution in [-0.2, 0) is 16.0 Å². The average Bonchev–Trinajstić information content (AvgIpc) is 3.33. The van der Waals surface area contributed by atoms with E-state index in [4.69, 9.17) is 32.9 Å². The summed E-state index contributed by atoms with van der Waals surface area (Å²) in [6, 6.07) is 10.3. The summed E-state index contributed by atoms with van der Waals surface area (Å²) >= 11 is 3.36. The van der Waals surface area contributed by atoms with Crippen molar-refractivity contribution in [3.63, 3.8) is 0 Å². The summed E-state index contributed by atoms with van der Waals surface area (Å²) in [6.45, 7) is 3.94. The number of fused-ring (bicyclic) bond motifs is 1. The van der Waals surface area contributed by atoms with Crippen LogP contribution in [-0.4, -0.2) is 35.7 Å². The van der Waals surface area contributed by atoms with Gasteiger partial charge < -0.3 is 20.8 Å². The Labute approximate surface area is 243 Å². The molecule has 41 heavy (non-hydrogen) atoms. The number of pyridine rings is 1.